The molecule has 0 N–H and O–H groups in total. The summed E-state index contributed by atoms with van der Waals surface area (Å²) in [5.74, 6) is 0. The zero-order valence-electron chi connectivity index (χ0n) is 20.5. The Bertz CT molecular complexity index is 1740. The summed E-state index contributed by atoms with van der Waals surface area (Å²) in [6, 6.07) is 27.8. The topological polar surface area (TPSA) is 12.9 Å². The largest absolute Gasteiger partial charge is 0.256 e. The molecule has 0 fully saturated rings. The van der Waals surface area contributed by atoms with Gasteiger partial charge in [-0.2, -0.15) is 0 Å². The molecule has 0 saturated heterocycles. The van der Waals surface area contributed by atoms with Crippen LogP contribution in [0, 0.1) is 0 Å². The Hall–Kier alpha value is -3.75. The van der Waals surface area contributed by atoms with Crippen molar-refractivity contribution in [2.45, 2.75) is 0 Å². The number of benzene rings is 4. The predicted octanol–water partition coefficient (Wildman–Crippen LogP) is 8.45. The van der Waals surface area contributed by atoms with Gasteiger partial charge in [0.2, 0.25) is 0 Å². The third-order valence-corrected chi connectivity index (χ3v) is 6.68. The van der Waals surface area contributed by atoms with Gasteiger partial charge in [-0.3, -0.25) is 4.98 Å². The summed E-state index contributed by atoms with van der Waals surface area (Å²) in [7, 11) is 0. The summed E-state index contributed by atoms with van der Waals surface area (Å²) in [6.45, 7) is 0. The lowest BCUT2D eigenvalue weighted by Gasteiger charge is -2.06. The van der Waals surface area contributed by atoms with Crippen molar-refractivity contribution in [1.82, 2.24) is 4.98 Å². The third-order valence-electron chi connectivity index (χ3n) is 5.48. The molecule has 6 rings (SSSR count). The number of pyridine rings is 1. The maximum Gasteiger partial charge on any atom is 0.0722 e. The van der Waals surface area contributed by atoms with E-state index < -0.39 is 0 Å². The van der Waals surface area contributed by atoms with Crippen molar-refractivity contribution in [2.75, 3.05) is 0 Å². The first-order chi connectivity index (χ1) is 17.0. The van der Waals surface area contributed by atoms with E-state index in [9.17, 15) is 0 Å². The van der Waals surface area contributed by atoms with Crippen molar-refractivity contribution in [1.29, 1.82) is 0 Å². The monoisotopic (exact) mass is 417 g/mol. The minimum absolute atomic E-state index is 0.0710. The SMILES string of the molecule is [2H]c1cc([2H])c(-c2ccnc(-c3cccc4c3sc3cc(-c5ccccc5)ccc34)c2)c([2H])c1[2H]. The number of hydrogen-bond donors (Lipinski definition) is 0. The standard InChI is InChI=1S/C29H19NS/c1-3-8-20(9-4-1)22-14-15-24-25-12-7-13-26(29(25)31-28(24)19-22)27-18-23(16-17-30-27)21-10-5-2-6-11-21/h1-19H/i2D,5D,10D,11D. The lowest BCUT2D eigenvalue weighted by molar-refractivity contribution is 1.33. The average molecular weight is 418 g/mol. The summed E-state index contributed by atoms with van der Waals surface area (Å²) >= 11 is 1.74. The second-order valence-electron chi connectivity index (χ2n) is 7.35. The molecule has 6 aromatic rings. The third kappa shape index (κ3) is 3.22. The van der Waals surface area contributed by atoms with Crippen LogP contribution in [0.4, 0.5) is 0 Å². The Balaban J connectivity index is 1.52. The summed E-state index contributed by atoms with van der Waals surface area (Å²) in [5.41, 5.74) is 5.12. The molecule has 0 radical (unpaired) electrons. The number of nitrogens with zero attached hydrogens (tertiary/aromatic N) is 1. The molecule has 0 bridgehead atoms. The van der Waals surface area contributed by atoms with E-state index in [0.29, 0.717) is 11.1 Å². The molecule has 0 unspecified atom stereocenters. The van der Waals surface area contributed by atoms with Crippen LogP contribution < -0.4 is 0 Å². The summed E-state index contributed by atoms with van der Waals surface area (Å²) < 4.78 is 34.8. The fourth-order valence-corrected chi connectivity index (χ4v) is 5.24. The first kappa shape index (κ1) is 14.3. The van der Waals surface area contributed by atoms with E-state index in [4.69, 9.17) is 5.48 Å². The number of fused-ring (bicyclic) bond motifs is 3. The predicted molar refractivity (Wildman–Crippen MR) is 133 cm³/mol. The molecule has 0 spiro atoms. The van der Waals surface area contributed by atoms with Gasteiger partial charge in [0.05, 0.1) is 11.2 Å². The zero-order valence-corrected chi connectivity index (χ0v) is 17.3. The number of rotatable bonds is 3. The van der Waals surface area contributed by atoms with Crippen molar-refractivity contribution in [3.63, 3.8) is 0 Å². The van der Waals surface area contributed by atoms with Gasteiger partial charge in [0.15, 0.2) is 0 Å². The smallest absolute Gasteiger partial charge is 0.0722 e. The lowest BCUT2D eigenvalue weighted by Crippen LogP contribution is -1.85. The van der Waals surface area contributed by atoms with Crippen LogP contribution in [0.25, 0.3) is 53.7 Å². The van der Waals surface area contributed by atoms with Gasteiger partial charge < -0.3 is 0 Å². The fourth-order valence-electron chi connectivity index (χ4n) is 3.98. The Labute approximate surface area is 190 Å². The van der Waals surface area contributed by atoms with Crippen molar-refractivity contribution in [2.24, 2.45) is 0 Å². The molecular formula is C29H19NS. The first-order valence-corrected chi connectivity index (χ1v) is 10.9. The molecule has 0 aliphatic carbocycles. The van der Waals surface area contributed by atoms with E-state index in [2.05, 4.69) is 41.4 Å². The molecule has 0 atom stereocenters. The van der Waals surface area contributed by atoms with Crippen LogP contribution in [-0.4, -0.2) is 4.98 Å². The first-order valence-electron chi connectivity index (χ1n) is 12.1. The fraction of sp³-hybridized carbons (Fsp3) is 0. The number of hydrogen-bond acceptors (Lipinski definition) is 2. The van der Waals surface area contributed by atoms with Gasteiger partial charge >= 0.3 is 0 Å². The Morgan fingerprint density at radius 1 is 0.645 bits per heavy atom. The normalized spacial score (nSPS) is 13.0. The molecule has 1 nitrogen and oxygen atoms in total. The van der Waals surface area contributed by atoms with Gasteiger partial charge in [-0.25, -0.2) is 0 Å². The van der Waals surface area contributed by atoms with E-state index in [1.54, 1.807) is 23.6 Å². The summed E-state index contributed by atoms with van der Waals surface area (Å²) in [4.78, 5) is 4.62. The molecule has 0 saturated carbocycles. The van der Waals surface area contributed by atoms with Crippen LogP contribution in [0.3, 0.4) is 0 Å². The van der Waals surface area contributed by atoms with Crippen molar-refractivity contribution in [3.8, 4) is 33.5 Å². The highest BCUT2D eigenvalue weighted by molar-refractivity contribution is 7.26. The Kier molecular flexibility index (Phi) is 3.46. The van der Waals surface area contributed by atoms with E-state index in [-0.39, 0.29) is 24.2 Å². The van der Waals surface area contributed by atoms with Crippen LogP contribution >= 0.6 is 11.3 Å². The van der Waals surface area contributed by atoms with Crippen LogP contribution in [0.1, 0.15) is 5.48 Å². The Morgan fingerprint density at radius 2 is 1.55 bits per heavy atom. The van der Waals surface area contributed by atoms with Crippen LogP contribution in [0.2, 0.25) is 0 Å². The molecule has 2 aromatic heterocycles. The van der Waals surface area contributed by atoms with Gasteiger partial charge in [-0.05, 0) is 40.5 Å². The molecule has 0 aliphatic heterocycles. The van der Waals surface area contributed by atoms with E-state index in [0.717, 1.165) is 16.0 Å². The minimum Gasteiger partial charge on any atom is -0.256 e. The number of thiophene rings is 1. The van der Waals surface area contributed by atoms with E-state index >= 15 is 0 Å². The summed E-state index contributed by atoms with van der Waals surface area (Å²) in [6.07, 6.45) is 1.68. The lowest BCUT2D eigenvalue weighted by atomic mass is 10.0. The van der Waals surface area contributed by atoms with Gasteiger partial charge in [-0.1, -0.05) is 90.9 Å². The Morgan fingerprint density at radius 3 is 2.48 bits per heavy atom. The molecule has 0 amide bonds. The second-order valence-corrected chi connectivity index (χ2v) is 8.40. The highest BCUT2D eigenvalue weighted by atomic mass is 32.1. The molecular weight excluding hydrogens is 394 g/mol. The van der Waals surface area contributed by atoms with Gasteiger partial charge in [0.25, 0.3) is 0 Å². The summed E-state index contributed by atoms with van der Waals surface area (Å²) in [5, 5.41) is 2.37. The van der Waals surface area contributed by atoms with E-state index in [1.165, 1.54) is 32.7 Å². The molecule has 2 heterocycles. The van der Waals surface area contributed by atoms with Crippen molar-refractivity contribution < 1.29 is 5.48 Å². The van der Waals surface area contributed by atoms with Gasteiger partial charge in [-0.15, -0.1) is 11.3 Å². The average Bonchev–Trinajstić information content (AvgIpc) is 3.26. The zero-order chi connectivity index (χ0) is 24.1. The highest BCUT2D eigenvalue weighted by Crippen LogP contribution is 2.41. The maximum atomic E-state index is 8.34. The van der Waals surface area contributed by atoms with Crippen molar-refractivity contribution in [3.05, 3.63) is 115 Å². The van der Waals surface area contributed by atoms with Crippen molar-refractivity contribution >= 4 is 31.5 Å². The highest BCUT2D eigenvalue weighted by Gasteiger charge is 2.12. The molecule has 146 valence electrons. The molecule has 31 heavy (non-hydrogen) atoms. The minimum atomic E-state index is -0.171. The maximum absolute atomic E-state index is 8.34. The van der Waals surface area contributed by atoms with Crippen LogP contribution in [0.5, 0.6) is 0 Å². The molecule has 4 aromatic carbocycles. The molecule has 0 aliphatic rings. The van der Waals surface area contributed by atoms with E-state index in [1.807, 2.05) is 36.4 Å². The quantitative estimate of drug-likeness (QED) is 0.281. The molecule has 2 heteroatoms. The number of aromatic nitrogens is 1. The van der Waals surface area contributed by atoms with Gasteiger partial charge in [0.1, 0.15) is 0 Å². The second kappa shape index (κ2) is 7.50. The van der Waals surface area contributed by atoms with Gasteiger partial charge in [0, 0.05) is 31.9 Å². The van der Waals surface area contributed by atoms with Crippen LogP contribution in [-0.2, 0) is 0 Å². The van der Waals surface area contributed by atoms with Crippen LogP contribution in [0.15, 0.2) is 115 Å².